The fourth-order valence-electron chi connectivity index (χ4n) is 3.98. The smallest absolute Gasteiger partial charge is 0.318 e. The second-order valence-electron chi connectivity index (χ2n) is 7.50. The van der Waals surface area contributed by atoms with Gasteiger partial charge in [-0.15, -0.1) is 5.10 Å². The quantitative estimate of drug-likeness (QED) is 0.616. The van der Waals surface area contributed by atoms with Crippen LogP contribution in [0.3, 0.4) is 0 Å². The minimum Gasteiger partial charge on any atom is -0.466 e. The average molecular weight is 406 g/mol. The summed E-state index contributed by atoms with van der Waals surface area (Å²) in [6, 6.07) is 9.19. The van der Waals surface area contributed by atoms with Crippen molar-refractivity contribution in [2.24, 2.45) is 0 Å². The third kappa shape index (κ3) is 3.70. The third-order valence-electron chi connectivity index (χ3n) is 5.37. The molecule has 3 heterocycles. The molecule has 0 unspecified atom stereocenters. The van der Waals surface area contributed by atoms with E-state index in [0.29, 0.717) is 37.7 Å². The molecule has 0 saturated heterocycles. The van der Waals surface area contributed by atoms with Gasteiger partial charge in [0.05, 0.1) is 25.4 Å². The van der Waals surface area contributed by atoms with E-state index in [0.717, 1.165) is 24.1 Å². The number of benzene rings is 1. The molecule has 9 nitrogen and oxygen atoms in total. The van der Waals surface area contributed by atoms with Gasteiger partial charge in [-0.3, -0.25) is 4.79 Å². The minimum atomic E-state index is -0.381. The first-order chi connectivity index (χ1) is 14.7. The molecule has 1 aliphatic heterocycles. The Bertz CT molecular complexity index is 1060. The van der Waals surface area contributed by atoms with Gasteiger partial charge < -0.3 is 19.4 Å². The van der Waals surface area contributed by atoms with E-state index in [2.05, 4.69) is 44.8 Å². The Morgan fingerprint density at radius 2 is 2.00 bits per heavy atom. The maximum Gasteiger partial charge on any atom is 0.318 e. The lowest BCUT2D eigenvalue weighted by Crippen LogP contribution is -2.21. The Balaban J connectivity index is 1.23. The zero-order chi connectivity index (χ0) is 20.5. The van der Waals surface area contributed by atoms with Crippen molar-refractivity contribution in [2.45, 2.75) is 45.3 Å². The fourth-order valence-corrected chi connectivity index (χ4v) is 3.98. The van der Waals surface area contributed by atoms with E-state index in [4.69, 9.17) is 14.1 Å². The highest BCUT2D eigenvalue weighted by Crippen LogP contribution is 2.28. The summed E-state index contributed by atoms with van der Waals surface area (Å²) in [6.07, 6.45) is 3.78. The summed E-state index contributed by atoms with van der Waals surface area (Å²) in [7, 11) is 0. The lowest BCUT2D eigenvalue weighted by atomic mass is 10.1. The van der Waals surface area contributed by atoms with E-state index in [1.807, 2.05) is 11.1 Å². The molecule has 30 heavy (non-hydrogen) atoms. The van der Waals surface area contributed by atoms with Gasteiger partial charge >= 0.3 is 12.0 Å². The Morgan fingerprint density at radius 1 is 1.20 bits per heavy atom. The van der Waals surface area contributed by atoms with Crippen LogP contribution in [0.4, 0.5) is 12.0 Å². The van der Waals surface area contributed by atoms with Crippen LogP contribution in [0.2, 0.25) is 0 Å². The number of ether oxygens (including phenoxy) is 1. The molecule has 0 fully saturated rings. The number of carbonyl (C=O) groups excluding carboxylic acids is 1. The third-order valence-corrected chi connectivity index (χ3v) is 5.37. The molecule has 0 atom stereocenters. The van der Waals surface area contributed by atoms with Gasteiger partial charge in [0.1, 0.15) is 6.42 Å². The van der Waals surface area contributed by atoms with Crippen LogP contribution in [-0.4, -0.2) is 38.8 Å². The molecular formula is C21H22N6O3. The second kappa shape index (κ2) is 7.74. The highest BCUT2D eigenvalue weighted by atomic mass is 16.5. The minimum absolute atomic E-state index is 0.0285. The largest absolute Gasteiger partial charge is 0.466 e. The van der Waals surface area contributed by atoms with Crippen molar-refractivity contribution in [1.29, 1.82) is 0 Å². The molecule has 3 aromatic rings. The van der Waals surface area contributed by atoms with Crippen molar-refractivity contribution in [2.75, 3.05) is 16.8 Å². The van der Waals surface area contributed by atoms with Crippen LogP contribution in [0.1, 0.15) is 35.2 Å². The molecule has 1 N–H and O–H groups in total. The van der Waals surface area contributed by atoms with Crippen molar-refractivity contribution in [3.63, 3.8) is 0 Å². The number of aromatic nitrogens is 4. The van der Waals surface area contributed by atoms with Gasteiger partial charge in [0.15, 0.2) is 0 Å². The Kier molecular flexibility index (Phi) is 4.78. The van der Waals surface area contributed by atoms with Gasteiger partial charge in [0.25, 0.3) is 0 Å². The zero-order valence-corrected chi connectivity index (χ0v) is 16.7. The molecule has 154 valence electrons. The van der Waals surface area contributed by atoms with E-state index < -0.39 is 0 Å². The summed E-state index contributed by atoms with van der Waals surface area (Å²) in [5.41, 5.74) is 4.74. The van der Waals surface area contributed by atoms with E-state index >= 15 is 0 Å². The number of carbonyl (C=O) groups is 1. The van der Waals surface area contributed by atoms with Gasteiger partial charge in [-0.1, -0.05) is 29.4 Å². The van der Waals surface area contributed by atoms with Gasteiger partial charge in [0, 0.05) is 17.8 Å². The number of fused-ring (bicyclic) bond motifs is 2. The summed E-state index contributed by atoms with van der Waals surface area (Å²) >= 11 is 0. The van der Waals surface area contributed by atoms with Crippen molar-refractivity contribution in [3.8, 4) is 0 Å². The number of anilines is 2. The number of hydrogen-bond acceptors (Lipinski definition) is 9. The molecule has 9 heteroatoms. The topological polar surface area (TPSA) is 106 Å². The van der Waals surface area contributed by atoms with Crippen LogP contribution in [0.25, 0.3) is 0 Å². The number of esters is 1. The van der Waals surface area contributed by atoms with Crippen molar-refractivity contribution < 1.29 is 13.9 Å². The van der Waals surface area contributed by atoms with Crippen LogP contribution in [0, 0.1) is 0 Å². The molecule has 1 aromatic carbocycles. The van der Waals surface area contributed by atoms with E-state index in [1.165, 1.54) is 11.1 Å². The first-order valence-electron chi connectivity index (χ1n) is 10.1. The number of rotatable bonds is 6. The molecule has 0 radical (unpaired) electrons. The Morgan fingerprint density at radius 3 is 2.77 bits per heavy atom. The summed E-state index contributed by atoms with van der Waals surface area (Å²) in [6.45, 7) is 3.22. The Hall–Kier alpha value is -3.49. The van der Waals surface area contributed by atoms with Crippen molar-refractivity contribution >= 4 is 17.9 Å². The number of nitrogens with zero attached hydrogens (tertiary/aromatic N) is 5. The predicted octanol–water partition coefficient (Wildman–Crippen LogP) is 2.06. The lowest BCUT2D eigenvalue weighted by Gasteiger charge is -2.12. The van der Waals surface area contributed by atoms with Crippen LogP contribution >= 0.6 is 0 Å². The Labute approximate surface area is 173 Å². The van der Waals surface area contributed by atoms with Gasteiger partial charge in [-0.05, 0) is 30.9 Å². The normalized spacial score (nSPS) is 15.2. The van der Waals surface area contributed by atoms with Crippen LogP contribution < -0.4 is 10.2 Å². The zero-order valence-electron chi connectivity index (χ0n) is 16.7. The van der Waals surface area contributed by atoms with E-state index in [1.54, 1.807) is 6.92 Å². The molecule has 5 rings (SSSR count). The van der Waals surface area contributed by atoms with Crippen molar-refractivity contribution in [3.05, 3.63) is 58.7 Å². The first kappa shape index (κ1) is 18.5. The molecule has 1 aliphatic carbocycles. The highest BCUT2D eigenvalue weighted by molar-refractivity contribution is 5.71. The summed E-state index contributed by atoms with van der Waals surface area (Å²) in [5.74, 6) is 0.503. The number of nitrogens with one attached hydrogen (secondary N) is 1. The maximum absolute atomic E-state index is 11.6. The molecule has 0 bridgehead atoms. The molecule has 2 aromatic heterocycles. The van der Waals surface area contributed by atoms with Gasteiger partial charge in [-0.25, -0.2) is 9.97 Å². The molecular weight excluding hydrogens is 384 g/mol. The second-order valence-corrected chi connectivity index (χ2v) is 7.50. The molecule has 0 amide bonds. The maximum atomic E-state index is 11.6. The van der Waals surface area contributed by atoms with E-state index in [9.17, 15) is 4.79 Å². The van der Waals surface area contributed by atoms with Crippen LogP contribution in [-0.2, 0) is 41.9 Å². The molecule has 0 spiro atoms. The fraction of sp³-hybridized carbons (Fsp3) is 0.381. The van der Waals surface area contributed by atoms with Crippen LogP contribution in [0.15, 0.2) is 34.9 Å². The van der Waals surface area contributed by atoms with E-state index in [-0.39, 0.29) is 18.3 Å². The van der Waals surface area contributed by atoms with Crippen LogP contribution in [0.5, 0.6) is 0 Å². The summed E-state index contributed by atoms with van der Waals surface area (Å²) in [5, 5.41) is 11.5. The summed E-state index contributed by atoms with van der Waals surface area (Å²) < 4.78 is 10.5. The van der Waals surface area contributed by atoms with Gasteiger partial charge in [-0.2, -0.15) is 0 Å². The SMILES string of the molecule is CCOC(=O)Cc1nnc(N2Cc3cnc(NC4Cc5ccccc5C4)nc3C2)o1. The first-order valence-corrected chi connectivity index (χ1v) is 10.1. The molecule has 0 saturated carbocycles. The monoisotopic (exact) mass is 406 g/mol. The summed E-state index contributed by atoms with van der Waals surface area (Å²) in [4.78, 5) is 22.7. The van der Waals surface area contributed by atoms with Gasteiger partial charge in [0.2, 0.25) is 11.8 Å². The standard InChI is InChI=1S/C21H22N6O3/c1-2-29-19(28)9-18-25-26-21(30-18)27-11-15-10-22-20(24-17(15)12-27)23-16-7-13-5-3-4-6-14(13)8-16/h3-6,10,16H,2,7-9,11-12H2,1H3,(H,22,23,24). The highest BCUT2D eigenvalue weighted by Gasteiger charge is 2.27. The lowest BCUT2D eigenvalue weighted by molar-refractivity contribution is -0.142. The predicted molar refractivity (Wildman–Crippen MR) is 108 cm³/mol. The average Bonchev–Trinajstić information content (AvgIpc) is 3.44. The molecule has 2 aliphatic rings. The number of hydrogen-bond donors (Lipinski definition) is 1. The van der Waals surface area contributed by atoms with Crippen molar-refractivity contribution in [1.82, 2.24) is 20.2 Å².